The van der Waals surface area contributed by atoms with Gasteiger partial charge in [0.05, 0.1) is 19.8 Å². The van der Waals surface area contributed by atoms with E-state index in [4.69, 9.17) is 9.47 Å². The van der Waals surface area contributed by atoms with Gasteiger partial charge in [0.15, 0.2) is 5.76 Å². The molecule has 0 aromatic heterocycles. The minimum atomic E-state index is -1.79. The van der Waals surface area contributed by atoms with E-state index in [1.807, 2.05) is 24.3 Å². The number of benzene rings is 1. The number of anilines is 1. The predicted octanol–water partition coefficient (Wildman–Crippen LogP) is 2.05. The summed E-state index contributed by atoms with van der Waals surface area (Å²) in [5.41, 5.74) is 2.60. The van der Waals surface area contributed by atoms with Crippen molar-refractivity contribution in [2.45, 2.75) is 31.4 Å². The molecule has 0 radical (unpaired) electrons. The van der Waals surface area contributed by atoms with Crippen LogP contribution in [0, 0.1) is 0 Å². The quantitative estimate of drug-likeness (QED) is 0.644. The van der Waals surface area contributed by atoms with E-state index in [1.165, 1.54) is 7.11 Å². The van der Waals surface area contributed by atoms with Crippen LogP contribution in [0.4, 0.5) is 5.69 Å². The number of methoxy groups -OCH3 is 2. The second kappa shape index (κ2) is 7.01. The molecule has 2 rings (SSSR count). The molecule has 1 aromatic carbocycles. The maximum atomic E-state index is 13.2. The fourth-order valence-electron chi connectivity index (χ4n) is 3.06. The number of hydrogen-bond donors (Lipinski definition) is 1. The molecule has 1 N–H and O–H groups in total. The third kappa shape index (κ3) is 2.91. The van der Waals surface area contributed by atoms with Crippen LogP contribution in [0.25, 0.3) is 0 Å². The highest BCUT2D eigenvalue weighted by Crippen LogP contribution is 2.36. The molecule has 124 valence electrons. The molecule has 1 amide bonds. The molecule has 0 saturated carbocycles. The van der Waals surface area contributed by atoms with E-state index in [0.29, 0.717) is 13.0 Å². The van der Waals surface area contributed by atoms with Gasteiger partial charge in [-0.2, -0.15) is 0 Å². The second-order valence-electron chi connectivity index (χ2n) is 5.54. The molecule has 0 spiro atoms. The normalized spacial score (nSPS) is 18.8. The highest BCUT2D eigenvalue weighted by atomic mass is 16.5. The third-order valence-corrected chi connectivity index (χ3v) is 4.26. The van der Waals surface area contributed by atoms with E-state index in [0.717, 1.165) is 11.3 Å². The zero-order valence-electron chi connectivity index (χ0n) is 13.8. The van der Waals surface area contributed by atoms with Crippen molar-refractivity contribution in [2.75, 3.05) is 25.7 Å². The Morgan fingerprint density at radius 3 is 2.74 bits per heavy atom. The Labute approximate surface area is 136 Å². The van der Waals surface area contributed by atoms with Gasteiger partial charge in [-0.05, 0) is 24.5 Å². The summed E-state index contributed by atoms with van der Waals surface area (Å²) in [5, 5.41) is 10.9. The Bertz CT molecular complexity index is 636. The van der Waals surface area contributed by atoms with Gasteiger partial charge in [0.1, 0.15) is 0 Å². The maximum Gasteiger partial charge on any atom is 0.267 e. The fourth-order valence-corrected chi connectivity index (χ4v) is 3.06. The van der Waals surface area contributed by atoms with E-state index >= 15 is 0 Å². The molecule has 1 aliphatic heterocycles. The number of para-hydroxylation sites is 1. The lowest BCUT2D eigenvalue weighted by Gasteiger charge is -2.34. The Morgan fingerprint density at radius 2 is 2.17 bits per heavy atom. The summed E-state index contributed by atoms with van der Waals surface area (Å²) in [7, 11) is 2.99. The van der Waals surface area contributed by atoms with Crippen molar-refractivity contribution in [3.8, 4) is 0 Å². The number of aliphatic hydroxyl groups is 1. The van der Waals surface area contributed by atoms with Crippen LogP contribution >= 0.6 is 0 Å². The van der Waals surface area contributed by atoms with Crippen LogP contribution in [0.15, 0.2) is 42.3 Å². The summed E-state index contributed by atoms with van der Waals surface area (Å²) in [5.74, 6) is -0.412. The van der Waals surface area contributed by atoms with Gasteiger partial charge in [0, 0.05) is 12.8 Å². The summed E-state index contributed by atoms with van der Waals surface area (Å²) in [4.78, 5) is 14.8. The molecule has 5 heteroatoms. The lowest BCUT2D eigenvalue weighted by molar-refractivity contribution is -0.137. The first kappa shape index (κ1) is 17.3. The van der Waals surface area contributed by atoms with Crippen molar-refractivity contribution in [1.29, 1.82) is 0 Å². The number of nitrogens with zero attached hydrogens (tertiary/aromatic N) is 1. The third-order valence-electron chi connectivity index (χ3n) is 4.26. The van der Waals surface area contributed by atoms with Gasteiger partial charge < -0.3 is 19.5 Å². The molecular formula is C18H23NO4. The molecule has 5 nitrogen and oxygen atoms in total. The van der Waals surface area contributed by atoms with Crippen LogP contribution in [0.1, 0.15) is 18.9 Å². The van der Waals surface area contributed by atoms with Crippen molar-refractivity contribution in [2.24, 2.45) is 0 Å². The first-order valence-electron chi connectivity index (χ1n) is 7.60. The molecule has 1 aromatic rings. The number of rotatable bonds is 6. The SMILES string of the molecule is C=C=C(OC)[C@](O)(CC)C(=O)N1c2ccccc2C[C@H]1COC. The predicted molar refractivity (Wildman–Crippen MR) is 88.2 cm³/mol. The number of hydrogen-bond acceptors (Lipinski definition) is 4. The summed E-state index contributed by atoms with van der Waals surface area (Å²) in [6.45, 7) is 5.63. The van der Waals surface area contributed by atoms with Gasteiger partial charge in [-0.15, -0.1) is 0 Å². The van der Waals surface area contributed by atoms with Crippen molar-refractivity contribution in [3.05, 3.63) is 47.9 Å². The van der Waals surface area contributed by atoms with E-state index in [-0.39, 0.29) is 18.2 Å². The standard InChI is InChI=1S/C18H23NO4/c1-5-16(23-4)18(21,6-2)17(20)19-14(12-22-3)11-13-9-7-8-10-15(13)19/h7-10,14,21H,1,6,11-12H2,2-4H3/t14-,18+/m0/s1. The first-order valence-corrected chi connectivity index (χ1v) is 7.60. The van der Waals surface area contributed by atoms with Gasteiger partial charge in [-0.3, -0.25) is 4.79 Å². The molecular weight excluding hydrogens is 294 g/mol. The van der Waals surface area contributed by atoms with Crippen LogP contribution in [-0.2, 0) is 20.7 Å². The molecule has 0 bridgehead atoms. The first-order chi connectivity index (χ1) is 11.0. The van der Waals surface area contributed by atoms with Crippen LogP contribution in [0.5, 0.6) is 0 Å². The summed E-state index contributed by atoms with van der Waals surface area (Å²) in [6.07, 6.45) is 0.853. The van der Waals surface area contributed by atoms with Gasteiger partial charge in [0.25, 0.3) is 5.91 Å². The maximum absolute atomic E-state index is 13.2. The molecule has 0 unspecified atom stereocenters. The van der Waals surface area contributed by atoms with E-state index in [1.54, 1.807) is 18.9 Å². The topological polar surface area (TPSA) is 59.0 Å². The smallest absolute Gasteiger partial charge is 0.267 e. The minimum Gasteiger partial charge on any atom is -0.489 e. The second-order valence-corrected chi connectivity index (χ2v) is 5.54. The van der Waals surface area contributed by atoms with Crippen LogP contribution < -0.4 is 4.90 Å². The van der Waals surface area contributed by atoms with Gasteiger partial charge in [-0.25, -0.2) is 0 Å². The monoisotopic (exact) mass is 317 g/mol. The van der Waals surface area contributed by atoms with Crippen LogP contribution in [0.3, 0.4) is 0 Å². The van der Waals surface area contributed by atoms with Crippen molar-refractivity contribution >= 4 is 11.6 Å². The number of carbonyl (C=O) groups is 1. The van der Waals surface area contributed by atoms with Gasteiger partial charge in [0.2, 0.25) is 5.60 Å². The van der Waals surface area contributed by atoms with Crippen molar-refractivity contribution in [3.63, 3.8) is 0 Å². The summed E-state index contributed by atoms with van der Waals surface area (Å²) < 4.78 is 10.4. The molecule has 0 fully saturated rings. The zero-order chi connectivity index (χ0) is 17.0. The number of fused-ring (bicyclic) bond motifs is 1. The highest BCUT2D eigenvalue weighted by molar-refractivity contribution is 6.03. The van der Waals surface area contributed by atoms with E-state index < -0.39 is 11.5 Å². The molecule has 23 heavy (non-hydrogen) atoms. The largest absolute Gasteiger partial charge is 0.489 e. The molecule has 1 heterocycles. The van der Waals surface area contributed by atoms with Crippen LogP contribution in [0.2, 0.25) is 0 Å². The highest BCUT2D eigenvalue weighted by Gasteiger charge is 2.47. The Hall–Kier alpha value is -2.07. The van der Waals surface area contributed by atoms with E-state index in [9.17, 15) is 9.90 Å². The molecule has 0 saturated heterocycles. The van der Waals surface area contributed by atoms with Crippen molar-refractivity contribution < 1.29 is 19.4 Å². The number of carbonyl (C=O) groups excluding carboxylic acids is 1. The Kier molecular flexibility index (Phi) is 5.26. The average molecular weight is 317 g/mol. The Balaban J connectivity index is 2.47. The Morgan fingerprint density at radius 1 is 1.48 bits per heavy atom. The van der Waals surface area contributed by atoms with Gasteiger partial charge in [-0.1, -0.05) is 37.4 Å². The average Bonchev–Trinajstić information content (AvgIpc) is 2.93. The molecule has 1 aliphatic rings. The summed E-state index contributed by atoms with van der Waals surface area (Å²) >= 11 is 0. The lowest BCUT2D eigenvalue weighted by Crippen LogP contribution is -2.53. The lowest BCUT2D eigenvalue weighted by atomic mass is 9.95. The van der Waals surface area contributed by atoms with E-state index in [2.05, 4.69) is 12.3 Å². The summed E-state index contributed by atoms with van der Waals surface area (Å²) in [6, 6.07) is 7.51. The fraction of sp³-hybridized carbons (Fsp3) is 0.444. The zero-order valence-corrected chi connectivity index (χ0v) is 13.8. The van der Waals surface area contributed by atoms with Crippen molar-refractivity contribution in [1.82, 2.24) is 0 Å². The molecule has 2 atom stereocenters. The van der Waals surface area contributed by atoms with Gasteiger partial charge >= 0.3 is 0 Å². The minimum absolute atomic E-state index is 0.0329. The van der Waals surface area contributed by atoms with Crippen LogP contribution in [-0.4, -0.2) is 43.5 Å². The number of amides is 1. The molecule has 0 aliphatic carbocycles. The number of ether oxygens (including phenoxy) is 2.